The van der Waals surface area contributed by atoms with Gasteiger partial charge >= 0.3 is 0 Å². The highest BCUT2D eigenvalue weighted by Crippen LogP contribution is 2.30. The number of rotatable bonds is 5. The van der Waals surface area contributed by atoms with Gasteiger partial charge in [-0.15, -0.1) is 0 Å². The molecule has 3 rings (SSSR count). The van der Waals surface area contributed by atoms with Crippen LogP contribution in [0.5, 0.6) is 5.75 Å². The third-order valence-electron chi connectivity index (χ3n) is 3.53. The van der Waals surface area contributed by atoms with Crippen molar-refractivity contribution in [3.05, 3.63) is 82.3 Å². The van der Waals surface area contributed by atoms with E-state index in [1.165, 1.54) is 0 Å². The number of hydrogen-bond donors (Lipinski definition) is 1. The zero-order valence-corrected chi connectivity index (χ0v) is 15.5. The van der Waals surface area contributed by atoms with Crippen molar-refractivity contribution in [2.75, 3.05) is 11.9 Å². The fraction of sp³-hybridized carbons (Fsp3) is 0.0500. The molecule has 0 aliphatic rings. The molecule has 0 bridgehead atoms. The summed E-state index contributed by atoms with van der Waals surface area (Å²) in [6.45, 7) is -0.0775. The lowest BCUT2D eigenvalue weighted by atomic mass is 10.1. The largest absolute Gasteiger partial charge is 0.483 e. The fourth-order valence-corrected chi connectivity index (χ4v) is 2.92. The van der Waals surface area contributed by atoms with E-state index in [9.17, 15) is 4.79 Å². The first-order chi connectivity index (χ1) is 12.1. The van der Waals surface area contributed by atoms with Crippen molar-refractivity contribution in [3.63, 3.8) is 0 Å². The van der Waals surface area contributed by atoms with Crippen molar-refractivity contribution in [1.82, 2.24) is 0 Å². The van der Waals surface area contributed by atoms with E-state index >= 15 is 0 Å². The van der Waals surface area contributed by atoms with Crippen LogP contribution in [0.4, 0.5) is 5.69 Å². The van der Waals surface area contributed by atoms with Crippen molar-refractivity contribution in [1.29, 1.82) is 0 Å². The van der Waals surface area contributed by atoms with Gasteiger partial charge in [-0.3, -0.25) is 4.79 Å². The zero-order chi connectivity index (χ0) is 17.6. The molecule has 3 aromatic carbocycles. The van der Waals surface area contributed by atoms with Gasteiger partial charge in [-0.1, -0.05) is 48.0 Å². The van der Waals surface area contributed by atoms with Crippen molar-refractivity contribution in [2.45, 2.75) is 0 Å². The smallest absolute Gasteiger partial charge is 0.262 e. The maximum atomic E-state index is 12.0. The van der Waals surface area contributed by atoms with Gasteiger partial charge in [0.1, 0.15) is 5.75 Å². The molecule has 0 spiro atoms. The van der Waals surface area contributed by atoms with E-state index in [-0.39, 0.29) is 12.5 Å². The number of amides is 1. The molecule has 3 nitrogen and oxygen atoms in total. The van der Waals surface area contributed by atoms with Crippen LogP contribution in [0.15, 0.2) is 77.3 Å². The second-order valence-corrected chi connectivity index (χ2v) is 6.65. The SMILES string of the molecule is O=C(COc1ccc(-c2ccccc2)cc1Br)Nc1ccc(Cl)cc1. The summed E-state index contributed by atoms with van der Waals surface area (Å²) < 4.78 is 6.40. The highest BCUT2D eigenvalue weighted by atomic mass is 79.9. The summed E-state index contributed by atoms with van der Waals surface area (Å²) in [5.41, 5.74) is 2.87. The van der Waals surface area contributed by atoms with Gasteiger partial charge in [-0.2, -0.15) is 0 Å². The summed E-state index contributed by atoms with van der Waals surface area (Å²) in [6, 6.07) is 22.8. The van der Waals surface area contributed by atoms with E-state index < -0.39 is 0 Å². The predicted molar refractivity (Wildman–Crippen MR) is 105 cm³/mol. The summed E-state index contributed by atoms with van der Waals surface area (Å²) in [7, 11) is 0. The number of hydrogen-bond acceptors (Lipinski definition) is 2. The molecule has 1 amide bonds. The van der Waals surface area contributed by atoms with Gasteiger partial charge in [0, 0.05) is 10.7 Å². The standard InChI is InChI=1S/C20H15BrClNO2/c21-18-12-15(14-4-2-1-3-5-14)6-11-19(18)25-13-20(24)23-17-9-7-16(22)8-10-17/h1-12H,13H2,(H,23,24). The first kappa shape index (κ1) is 17.5. The Kier molecular flexibility index (Phi) is 5.74. The minimum Gasteiger partial charge on any atom is -0.483 e. The summed E-state index contributed by atoms with van der Waals surface area (Å²) in [4.78, 5) is 12.0. The Morgan fingerprint density at radius 3 is 2.36 bits per heavy atom. The summed E-state index contributed by atoms with van der Waals surface area (Å²) in [5, 5.41) is 3.38. The molecule has 0 saturated heterocycles. The van der Waals surface area contributed by atoms with Gasteiger partial charge in [-0.25, -0.2) is 0 Å². The molecule has 3 aromatic rings. The van der Waals surface area contributed by atoms with E-state index in [4.69, 9.17) is 16.3 Å². The van der Waals surface area contributed by atoms with Gasteiger partial charge in [0.25, 0.3) is 5.91 Å². The molecular weight excluding hydrogens is 402 g/mol. The average molecular weight is 417 g/mol. The van der Waals surface area contributed by atoms with Crippen molar-refractivity contribution in [3.8, 4) is 16.9 Å². The van der Waals surface area contributed by atoms with Crippen molar-refractivity contribution in [2.24, 2.45) is 0 Å². The molecule has 0 aliphatic heterocycles. The average Bonchev–Trinajstić information content (AvgIpc) is 2.63. The van der Waals surface area contributed by atoms with Crippen LogP contribution >= 0.6 is 27.5 Å². The second kappa shape index (κ2) is 8.19. The third-order valence-corrected chi connectivity index (χ3v) is 4.40. The van der Waals surface area contributed by atoms with Crippen LogP contribution in [0, 0.1) is 0 Å². The molecule has 0 atom stereocenters. The fourth-order valence-electron chi connectivity index (χ4n) is 2.30. The number of carbonyl (C=O) groups is 1. The molecule has 5 heteroatoms. The van der Waals surface area contributed by atoms with Crippen LogP contribution in [0.3, 0.4) is 0 Å². The summed E-state index contributed by atoms with van der Waals surface area (Å²) in [5.74, 6) is 0.382. The highest BCUT2D eigenvalue weighted by Gasteiger charge is 2.08. The Labute approximate surface area is 159 Å². The van der Waals surface area contributed by atoms with E-state index in [0.717, 1.165) is 15.6 Å². The van der Waals surface area contributed by atoms with Gasteiger partial charge in [0.05, 0.1) is 4.47 Å². The van der Waals surface area contributed by atoms with E-state index in [1.807, 2.05) is 48.5 Å². The topological polar surface area (TPSA) is 38.3 Å². The Morgan fingerprint density at radius 2 is 1.68 bits per heavy atom. The van der Waals surface area contributed by atoms with Crippen LogP contribution in [-0.4, -0.2) is 12.5 Å². The van der Waals surface area contributed by atoms with E-state index in [1.54, 1.807) is 24.3 Å². The van der Waals surface area contributed by atoms with Gasteiger partial charge < -0.3 is 10.1 Å². The van der Waals surface area contributed by atoms with Crippen LogP contribution in [0.25, 0.3) is 11.1 Å². The third kappa shape index (κ3) is 4.84. The van der Waals surface area contributed by atoms with Crippen LogP contribution < -0.4 is 10.1 Å². The number of anilines is 1. The minimum absolute atomic E-state index is 0.0775. The van der Waals surface area contributed by atoms with Crippen molar-refractivity contribution >= 4 is 39.1 Å². The predicted octanol–water partition coefficient (Wildman–Crippen LogP) is 5.79. The lowest BCUT2D eigenvalue weighted by molar-refractivity contribution is -0.118. The van der Waals surface area contributed by atoms with E-state index in [0.29, 0.717) is 16.5 Å². The van der Waals surface area contributed by atoms with Crippen LogP contribution in [0.1, 0.15) is 0 Å². The zero-order valence-electron chi connectivity index (χ0n) is 13.2. The quantitative estimate of drug-likeness (QED) is 0.572. The lowest BCUT2D eigenvalue weighted by Crippen LogP contribution is -2.20. The number of carbonyl (C=O) groups excluding carboxylic acids is 1. The Hall–Kier alpha value is -2.30. The van der Waals surface area contributed by atoms with Gasteiger partial charge in [0.15, 0.2) is 6.61 Å². The second-order valence-electron chi connectivity index (χ2n) is 5.35. The lowest BCUT2D eigenvalue weighted by Gasteiger charge is -2.10. The molecule has 0 aliphatic carbocycles. The molecule has 1 N–H and O–H groups in total. The molecule has 25 heavy (non-hydrogen) atoms. The van der Waals surface area contributed by atoms with Gasteiger partial charge in [-0.05, 0) is 63.5 Å². The molecule has 0 radical (unpaired) electrons. The number of ether oxygens (including phenoxy) is 1. The summed E-state index contributed by atoms with van der Waals surface area (Å²) in [6.07, 6.45) is 0. The van der Waals surface area contributed by atoms with E-state index in [2.05, 4.69) is 21.2 Å². The molecule has 0 heterocycles. The van der Waals surface area contributed by atoms with Crippen LogP contribution in [-0.2, 0) is 4.79 Å². The van der Waals surface area contributed by atoms with Crippen LogP contribution in [0.2, 0.25) is 5.02 Å². The molecule has 0 unspecified atom stereocenters. The summed E-state index contributed by atoms with van der Waals surface area (Å²) >= 11 is 9.32. The van der Waals surface area contributed by atoms with Crippen molar-refractivity contribution < 1.29 is 9.53 Å². The maximum absolute atomic E-state index is 12.0. The highest BCUT2D eigenvalue weighted by molar-refractivity contribution is 9.10. The first-order valence-corrected chi connectivity index (χ1v) is 8.82. The maximum Gasteiger partial charge on any atom is 0.262 e. The molecular formula is C20H15BrClNO2. The monoisotopic (exact) mass is 415 g/mol. The number of nitrogens with one attached hydrogen (secondary N) is 1. The number of halogens is 2. The normalized spacial score (nSPS) is 10.3. The molecule has 0 fully saturated rings. The Morgan fingerprint density at radius 1 is 0.960 bits per heavy atom. The molecule has 0 saturated carbocycles. The van der Waals surface area contributed by atoms with Gasteiger partial charge in [0.2, 0.25) is 0 Å². The molecule has 126 valence electrons. The minimum atomic E-state index is -0.235. The Balaban J connectivity index is 1.61. The Bertz CT molecular complexity index is 867. The molecule has 0 aromatic heterocycles. The first-order valence-electron chi connectivity index (χ1n) is 7.65. The number of benzene rings is 3.